The first-order chi connectivity index (χ1) is 15.6. The van der Waals surface area contributed by atoms with Crippen LogP contribution in [-0.4, -0.2) is 39.5 Å². The third-order valence-electron chi connectivity index (χ3n) is 4.59. The first kappa shape index (κ1) is 23.5. The standard InChI is InChI=1S/C23H21N3O6S/c1-31-16-11-12-18(22(27)26-15-9-7-14(8-10-15)21(24)25)20(13-16)17-5-3-4-6-19(17)23(28)32-33(2,29)30/h3-13H,1-2H3,(H3,24,25)(H,26,27). The summed E-state index contributed by atoms with van der Waals surface area (Å²) in [5.41, 5.74) is 7.25. The summed E-state index contributed by atoms with van der Waals surface area (Å²) in [5, 5.41) is 10.2. The van der Waals surface area contributed by atoms with Gasteiger partial charge in [0.05, 0.1) is 18.9 Å². The second-order valence-corrected chi connectivity index (χ2v) is 8.55. The maximum atomic E-state index is 13.1. The van der Waals surface area contributed by atoms with Crippen LogP contribution >= 0.6 is 0 Å². The van der Waals surface area contributed by atoms with Crippen LogP contribution in [0.2, 0.25) is 0 Å². The minimum atomic E-state index is -4.04. The number of hydrogen-bond donors (Lipinski definition) is 3. The van der Waals surface area contributed by atoms with Gasteiger partial charge in [-0.3, -0.25) is 10.2 Å². The first-order valence-corrected chi connectivity index (χ1v) is 11.4. The molecule has 3 rings (SSSR count). The largest absolute Gasteiger partial charge is 0.497 e. The van der Waals surface area contributed by atoms with Gasteiger partial charge in [0, 0.05) is 16.8 Å². The van der Waals surface area contributed by atoms with Crippen molar-refractivity contribution in [2.75, 3.05) is 18.7 Å². The number of nitrogen functional groups attached to an aromatic ring is 1. The lowest BCUT2D eigenvalue weighted by atomic mass is 9.94. The van der Waals surface area contributed by atoms with Crippen molar-refractivity contribution in [3.8, 4) is 16.9 Å². The monoisotopic (exact) mass is 467 g/mol. The highest BCUT2D eigenvalue weighted by Crippen LogP contribution is 2.32. The van der Waals surface area contributed by atoms with Crippen molar-refractivity contribution in [2.24, 2.45) is 5.73 Å². The maximum Gasteiger partial charge on any atom is 0.354 e. The van der Waals surface area contributed by atoms with Gasteiger partial charge in [0.2, 0.25) is 0 Å². The van der Waals surface area contributed by atoms with Crippen LogP contribution in [0, 0.1) is 5.41 Å². The molecule has 0 fully saturated rings. The maximum absolute atomic E-state index is 13.1. The molecule has 3 aromatic carbocycles. The van der Waals surface area contributed by atoms with Gasteiger partial charge >= 0.3 is 16.1 Å². The number of benzene rings is 3. The Balaban J connectivity index is 2.04. The van der Waals surface area contributed by atoms with Crippen molar-refractivity contribution in [1.82, 2.24) is 0 Å². The number of carbonyl (C=O) groups is 2. The van der Waals surface area contributed by atoms with Crippen molar-refractivity contribution in [1.29, 1.82) is 5.41 Å². The number of carbonyl (C=O) groups excluding carboxylic acids is 2. The normalized spacial score (nSPS) is 10.8. The summed E-state index contributed by atoms with van der Waals surface area (Å²) in [6, 6.07) is 17.3. The molecule has 0 unspecified atom stereocenters. The molecule has 1 amide bonds. The molecule has 0 atom stereocenters. The zero-order valence-corrected chi connectivity index (χ0v) is 18.6. The SMILES string of the molecule is COc1ccc(C(=O)Nc2ccc(C(=N)N)cc2)c(-c2ccccc2C(=O)OS(C)(=O)=O)c1. The van der Waals surface area contributed by atoms with Gasteiger partial charge in [-0.05, 0) is 59.7 Å². The first-order valence-electron chi connectivity index (χ1n) is 9.56. The van der Waals surface area contributed by atoms with E-state index in [1.807, 2.05) is 0 Å². The van der Waals surface area contributed by atoms with Gasteiger partial charge in [-0.15, -0.1) is 0 Å². The van der Waals surface area contributed by atoms with Crippen molar-refractivity contribution in [2.45, 2.75) is 0 Å². The zero-order valence-electron chi connectivity index (χ0n) is 17.8. The van der Waals surface area contributed by atoms with Gasteiger partial charge in [0.25, 0.3) is 5.91 Å². The van der Waals surface area contributed by atoms with Gasteiger partial charge in [0.1, 0.15) is 11.6 Å². The fraction of sp³-hybridized carbons (Fsp3) is 0.0870. The number of nitrogens with two attached hydrogens (primary N) is 1. The van der Waals surface area contributed by atoms with Gasteiger partial charge in [-0.2, -0.15) is 8.42 Å². The summed E-state index contributed by atoms with van der Waals surface area (Å²) in [5.74, 6) is -1.21. The van der Waals surface area contributed by atoms with E-state index in [4.69, 9.17) is 15.9 Å². The van der Waals surface area contributed by atoms with Crippen molar-refractivity contribution >= 4 is 33.5 Å². The van der Waals surface area contributed by atoms with Crippen molar-refractivity contribution < 1.29 is 26.9 Å². The summed E-state index contributed by atoms with van der Waals surface area (Å²) in [4.78, 5) is 25.6. The molecule has 0 saturated heterocycles. The Morgan fingerprint density at radius 1 is 0.939 bits per heavy atom. The van der Waals surface area contributed by atoms with Gasteiger partial charge in [-0.25, -0.2) is 4.79 Å². The third-order valence-corrected chi connectivity index (χ3v) is 5.04. The van der Waals surface area contributed by atoms with Crippen LogP contribution < -0.4 is 15.8 Å². The van der Waals surface area contributed by atoms with Crippen molar-refractivity contribution in [3.63, 3.8) is 0 Å². The third kappa shape index (κ3) is 5.74. The lowest BCUT2D eigenvalue weighted by Gasteiger charge is -2.15. The number of methoxy groups -OCH3 is 1. The minimum Gasteiger partial charge on any atom is -0.497 e. The minimum absolute atomic E-state index is 0.0314. The Bertz CT molecular complexity index is 1330. The molecule has 0 heterocycles. The molecule has 0 bridgehead atoms. The molecule has 0 spiro atoms. The fourth-order valence-electron chi connectivity index (χ4n) is 3.08. The van der Waals surface area contributed by atoms with Gasteiger partial charge in [0.15, 0.2) is 0 Å². The summed E-state index contributed by atoms with van der Waals surface area (Å²) in [6.07, 6.45) is 0.773. The Kier molecular flexibility index (Phi) is 6.78. The molecule has 0 aliphatic heterocycles. The van der Waals surface area contributed by atoms with E-state index in [0.717, 1.165) is 6.26 Å². The summed E-state index contributed by atoms with van der Waals surface area (Å²) < 4.78 is 32.7. The van der Waals surface area contributed by atoms with E-state index >= 15 is 0 Å². The average molecular weight is 468 g/mol. The number of hydrogen-bond acceptors (Lipinski definition) is 7. The molecule has 0 aromatic heterocycles. The van der Waals surface area contributed by atoms with Crippen LogP contribution in [0.15, 0.2) is 66.7 Å². The summed E-state index contributed by atoms with van der Waals surface area (Å²) in [6.45, 7) is 0. The molecule has 0 saturated carbocycles. The smallest absolute Gasteiger partial charge is 0.354 e. The van der Waals surface area contributed by atoms with Gasteiger partial charge < -0.3 is 20.0 Å². The number of nitrogens with one attached hydrogen (secondary N) is 2. The molecule has 33 heavy (non-hydrogen) atoms. The highest BCUT2D eigenvalue weighted by Gasteiger charge is 2.22. The van der Waals surface area contributed by atoms with Crippen LogP contribution in [-0.2, 0) is 14.3 Å². The Morgan fingerprint density at radius 2 is 1.61 bits per heavy atom. The number of amidine groups is 1. The zero-order chi connectivity index (χ0) is 24.2. The predicted molar refractivity (Wildman–Crippen MR) is 124 cm³/mol. The highest BCUT2D eigenvalue weighted by molar-refractivity contribution is 7.86. The molecule has 170 valence electrons. The summed E-state index contributed by atoms with van der Waals surface area (Å²) >= 11 is 0. The lowest BCUT2D eigenvalue weighted by Crippen LogP contribution is -2.16. The Hall–Kier alpha value is -4.18. The van der Waals surface area contributed by atoms with E-state index in [9.17, 15) is 18.0 Å². The predicted octanol–water partition coefficient (Wildman–Crippen LogP) is 3.01. The number of anilines is 1. The quantitative estimate of drug-likeness (QED) is 0.275. The molecule has 10 heteroatoms. The topological polar surface area (TPSA) is 149 Å². The van der Waals surface area contributed by atoms with E-state index in [1.54, 1.807) is 54.6 Å². The van der Waals surface area contributed by atoms with Crippen LogP contribution in [0.3, 0.4) is 0 Å². The molecule has 4 N–H and O–H groups in total. The Labute approximate surface area is 190 Å². The molecule has 0 radical (unpaired) electrons. The molecule has 0 aliphatic carbocycles. The lowest BCUT2D eigenvalue weighted by molar-refractivity contribution is 0.0748. The van der Waals surface area contributed by atoms with E-state index in [2.05, 4.69) is 9.50 Å². The van der Waals surface area contributed by atoms with E-state index in [1.165, 1.54) is 19.2 Å². The van der Waals surface area contributed by atoms with Crippen molar-refractivity contribution in [3.05, 3.63) is 83.4 Å². The van der Waals surface area contributed by atoms with Gasteiger partial charge in [-0.1, -0.05) is 18.2 Å². The molecule has 9 nitrogen and oxygen atoms in total. The second-order valence-electron chi connectivity index (χ2n) is 6.98. The molecule has 0 aliphatic rings. The average Bonchev–Trinajstić information content (AvgIpc) is 2.77. The molecular formula is C23H21N3O6S. The Morgan fingerprint density at radius 3 is 2.21 bits per heavy atom. The summed E-state index contributed by atoms with van der Waals surface area (Å²) in [7, 11) is -2.58. The second kappa shape index (κ2) is 9.53. The molecule has 3 aromatic rings. The highest BCUT2D eigenvalue weighted by atomic mass is 32.2. The van der Waals surface area contributed by atoms with Crippen LogP contribution in [0.5, 0.6) is 5.75 Å². The van der Waals surface area contributed by atoms with E-state index in [-0.39, 0.29) is 17.0 Å². The number of ether oxygens (including phenoxy) is 1. The van der Waals surface area contributed by atoms with Crippen LogP contribution in [0.4, 0.5) is 5.69 Å². The number of rotatable bonds is 7. The van der Waals surface area contributed by atoms with Crippen LogP contribution in [0.25, 0.3) is 11.1 Å². The number of amides is 1. The van der Waals surface area contributed by atoms with Crippen LogP contribution in [0.1, 0.15) is 26.3 Å². The van der Waals surface area contributed by atoms with E-state index < -0.39 is 22.0 Å². The van der Waals surface area contributed by atoms with E-state index in [0.29, 0.717) is 28.1 Å². The molecular weight excluding hydrogens is 446 g/mol. The fourth-order valence-corrected chi connectivity index (χ4v) is 3.45.